The first kappa shape index (κ1) is 8.98. The second-order valence-corrected chi connectivity index (χ2v) is 2.95. The first-order valence-electron chi connectivity index (χ1n) is 4.42. The fourth-order valence-corrected chi connectivity index (χ4v) is 1.02. The van der Waals surface area contributed by atoms with Gasteiger partial charge in [0.05, 0.1) is 5.69 Å². The Balaban J connectivity index is 2.63. The monoisotopic (exact) mass is 161 g/mol. The number of unbranched alkanes of at least 4 members (excludes halogenated alkanes) is 1. The van der Waals surface area contributed by atoms with Crippen molar-refractivity contribution in [1.29, 1.82) is 0 Å². The molecule has 0 N–H and O–H groups in total. The summed E-state index contributed by atoms with van der Waals surface area (Å²) in [4.78, 5) is 4.22. The first-order valence-corrected chi connectivity index (χ1v) is 4.42. The molecule has 0 aromatic carbocycles. The maximum Gasteiger partial charge on any atom is 0.0629 e. The van der Waals surface area contributed by atoms with Crippen LogP contribution >= 0.6 is 0 Å². The number of rotatable bonds is 3. The summed E-state index contributed by atoms with van der Waals surface area (Å²) in [5.74, 6) is 0. The summed E-state index contributed by atoms with van der Waals surface area (Å²) >= 11 is 0. The maximum atomic E-state index is 4.22. The molecule has 0 spiro atoms. The van der Waals surface area contributed by atoms with Crippen LogP contribution in [0.1, 0.15) is 31.0 Å². The number of allylic oxidation sites excluding steroid dienone is 1. The molecular formula is C11H15N. The average Bonchev–Trinajstić information content (AvgIpc) is 2.05. The Morgan fingerprint density at radius 3 is 3.00 bits per heavy atom. The molecule has 1 heterocycles. The molecular weight excluding hydrogens is 146 g/mol. The molecule has 1 nitrogen and oxygen atoms in total. The van der Waals surface area contributed by atoms with Crippen molar-refractivity contribution in [3.05, 3.63) is 35.7 Å². The third-order valence-electron chi connectivity index (χ3n) is 1.68. The van der Waals surface area contributed by atoms with Gasteiger partial charge in [-0.15, -0.1) is 0 Å². The van der Waals surface area contributed by atoms with Crippen molar-refractivity contribution in [2.45, 2.75) is 26.7 Å². The second-order valence-electron chi connectivity index (χ2n) is 2.95. The predicted octanol–water partition coefficient (Wildman–Crippen LogP) is 3.20. The van der Waals surface area contributed by atoms with Gasteiger partial charge in [0.1, 0.15) is 0 Å². The Kier molecular flexibility index (Phi) is 3.52. The molecule has 1 aromatic heterocycles. The molecule has 1 rings (SSSR count). The number of aryl methyl sites for hydroxylation is 1. The molecule has 64 valence electrons. The lowest BCUT2D eigenvalue weighted by molar-refractivity contribution is 0.962. The zero-order valence-corrected chi connectivity index (χ0v) is 7.75. The molecule has 0 aliphatic rings. The van der Waals surface area contributed by atoms with Crippen LogP contribution in [0.25, 0.3) is 6.08 Å². The highest BCUT2D eigenvalue weighted by atomic mass is 14.6. The summed E-state index contributed by atoms with van der Waals surface area (Å²) in [6, 6.07) is 4.10. The van der Waals surface area contributed by atoms with Crippen LogP contribution < -0.4 is 0 Å². The minimum absolute atomic E-state index is 1.06. The zero-order valence-electron chi connectivity index (χ0n) is 7.75. The molecule has 0 fully saturated rings. The summed E-state index contributed by atoms with van der Waals surface area (Å²) in [7, 11) is 0. The lowest BCUT2D eigenvalue weighted by atomic mass is 10.2. The van der Waals surface area contributed by atoms with Gasteiger partial charge < -0.3 is 0 Å². The van der Waals surface area contributed by atoms with Crippen LogP contribution in [0, 0.1) is 6.92 Å². The molecule has 0 aliphatic heterocycles. The minimum atomic E-state index is 1.06. The van der Waals surface area contributed by atoms with E-state index in [0.717, 1.165) is 12.1 Å². The smallest absolute Gasteiger partial charge is 0.0629 e. The second kappa shape index (κ2) is 4.70. The van der Waals surface area contributed by atoms with Crippen LogP contribution in [0.4, 0.5) is 0 Å². The quantitative estimate of drug-likeness (QED) is 0.663. The predicted molar refractivity (Wildman–Crippen MR) is 52.9 cm³/mol. The topological polar surface area (TPSA) is 12.9 Å². The van der Waals surface area contributed by atoms with Crippen molar-refractivity contribution in [3.8, 4) is 0 Å². The molecule has 0 atom stereocenters. The van der Waals surface area contributed by atoms with E-state index in [1.165, 1.54) is 12.0 Å². The largest absolute Gasteiger partial charge is 0.257 e. The molecule has 0 saturated heterocycles. The molecule has 0 bridgehead atoms. The van der Waals surface area contributed by atoms with Crippen LogP contribution in [0.2, 0.25) is 0 Å². The van der Waals surface area contributed by atoms with E-state index >= 15 is 0 Å². The van der Waals surface area contributed by atoms with Gasteiger partial charge in [-0.1, -0.05) is 19.4 Å². The SMILES string of the molecule is CCC/C=C/c1cc(C)ccn1. The van der Waals surface area contributed by atoms with Gasteiger partial charge in [-0.2, -0.15) is 0 Å². The summed E-state index contributed by atoms with van der Waals surface area (Å²) in [6.07, 6.45) is 8.43. The molecule has 0 saturated carbocycles. The number of hydrogen-bond donors (Lipinski definition) is 0. The first-order chi connectivity index (χ1) is 5.83. The van der Waals surface area contributed by atoms with E-state index in [-0.39, 0.29) is 0 Å². The summed E-state index contributed by atoms with van der Waals surface area (Å²) in [5, 5.41) is 0. The third-order valence-corrected chi connectivity index (χ3v) is 1.68. The Labute approximate surface area is 74.2 Å². The van der Waals surface area contributed by atoms with E-state index in [2.05, 4.69) is 37.0 Å². The van der Waals surface area contributed by atoms with E-state index < -0.39 is 0 Å². The third kappa shape index (κ3) is 2.87. The van der Waals surface area contributed by atoms with E-state index in [9.17, 15) is 0 Å². The normalized spacial score (nSPS) is 10.8. The van der Waals surface area contributed by atoms with Gasteiger partial charge in [0.25, 0.3) is 0 Å². The molecule has 0 radical (unpaired) electrons. The van der Waals surface area contributed by atoms with Gasteiger partial charge in [-0.05, 0) is 37.1 Å². The molecule has 0 unspecified atom stereocenters. The molecule has 0 amide bonds. The lowest BCUT2D eigenvalue weighted by Gasteiger charge is -1.93. The van der Waals surface area contributed by atoms with Gasteiger partial charge in [0, 0.05) is 6.20 Å². The van der Waals surface area contributed by atoms with E-state index in [4.69, 9.17) is 0 Å². The Bertz CT molecular complexity index is 263. The Hall–Kier alpha value is -1.11. The van der Waals surface area contributed by atoms with Crippen molar-refractivity contribution in [1.82, 2.24) is 4.98 Å². The molecule has 12 heavy (non-hydrogen) atoms. The molecule has 1 aromatic rings. The van der Waals surface area contributed by atoms with E-state index in [1.807, 2.05) is 12.3 Å². The summed E-state index contributed by atoms with van der Waals surface area (Å²) in [5.41, 5.74) is 2.32. The van der Waals surface area contributed by atoms with Gasteiger partial charge in [-0.3, -0.25) is 4.98 Å². The highest BCUT2D eigenvalue weighted by Crippen LogP contribution is 2.02. The fraction of sp³-hybridized carbons (Fsp3) is 0.364. The van der Waals surface area contributed by atoms with Crippen LogP contribution in [-0.4, -0.2) is 4.98 Å². The maximum absolute atomic E-state index is 4.22. The average molecular weight is 161 g/mol. The zero-order chi connectivity index (χ0) is 8.81. The summed E-state index contributed by atoms with van der Waals surface area (Å²) in [6.45, 7) is 4.26. The van der Waals surface area contributed by atoms with Crippen molar-refractivity contribution in [2.24, 2.45) is 0 Å². The van der Waals surface area contributed by atoms with Crippen molar-refractivity contribution >= 4 is 6.08 Å². The molecule has 0 aliphatic carbocycles. The number of nitrogens with zero attached hydrogens (tertiary/aromatic N) is 1. The van der Waals surface area contributed by atoms with Crippen LogP contribution in [0.3, 0.4) is 0 Å². The number of aromatic nitrogens is 1. The highest BCUT2D eigenvalue weighted by Gasteiger charge is 1.87. The van der Waals surface area contributed by atoms with Crippen molar-refractivity contribution < 1.29 is 0 Å². The van der Waals surface area contributed by atoms with Gasteiger partial charge in [0.15, 0.2) is 0 Å². The Morgan fingerprint density at radius 2 is 2.33 bits per heavy atom. The minimum Gasteiger partial charge on any atom is -0.257 e. The van der Waals surface area contributed by atoms with Gasteiger partial charge in [-0.25, -0.2) is 0 Å². The Morgan fingerprint density at radius 1 is 1.50 bits per heavy atom. The lowest BCUT2D eigenvalue weighted by Crippen LogP contribution is -1.80. The van der Waals surface area contributed by atoms with E-state index in [0.29, 0.717) is 0 Å². The van der Waals surface area contributed by atoms with Gasteiger partial charge >= 0.3 is 0 Å². The number of hydrogen-bond acceptors (Lipinski definition) is 1. The van der Waals surface area contributed by atoms with Gasteiger partial charge in [0.2, 0.25) is 0 Å². The molecule has 1 heteroatoms. The van der Waals surface area contributed by atoms with Crippen LogP contribution in [0.5, 0.6) is 0 Å². The fourth-order valence-electron chi connectivity index (χ4n) is 1.02. The van der Waals surface area contributed by atoms with Crippen molar-refractivity contribution in [2.75, 3.05) is 0 Å². The van der Waals surface area contributed by atoms with Crippen LogP contribution in [-0.2, 0) is 0 Å². The number of pyridine rings is 1. The standard InChI is InChI=1S/C11H15N/c1-3-4-5-6-11-9-10(2)7-8-12-11/h5-9H,3-4H2,1-2H3/b6-5+. The highest BCUT2D eigenvalue weighted by molar-refractivity contribution is 5.44. The summed E-state index contributed by atoms with van der Waals surface area (Å²) < 4.78 is 0. The van der Waals surface area contributed by atoms with E-state index in [1.54, 1.807) is 0 Å². The van der Waals surface area contributed by atoms with Crippen molar-refractivity contribution in [3.63, 3.8) is 0 Å². The van der Waals surface area contributed by atoms with Crippen LogP contribution in [0.15, 0.2) is 24.4 Å².